The first kappa shape index (κ1) is 7.00. The summed E-state index contributed by atoms with van der Waals surface area (Å²) >= 11 is 5.62. The summed E-state index contributed by atoms with van der Waals surface area (Å²) in [6.45, 7) is 0. The molecule has 0 radical (unpaired) electrons. The van der Waals surface area contributed by atoms with Crippen molar-refractivity contribution in [1.82, 2.24) is 0 Å². The fraction of sp³-hybridized carbons (Fsp3) is 0. The van der Waals surface area contributed by atoms with E-state index in [1.807, 2.05) is 0 Å². The zero-order valence-electron chi connectivity index (χ0n) is 5.19. The topological polar surface area (TPSA) is 37.8 Å². The third-order valence-electron chi connectivity index (χ3n) is 1.05. The monoisotopic (exact) mass is 153 g/mol. The minimum absolute atomic E-state index is 0.690. The molecule has 0 atom stereocenters. The Balaban J connectivity index is 3.00. The van der Waals surface area contributed by atoms with Gasteiger partial charge >= 0.3 is 6.01 Å². The third kappa shape index (κ3) is 1.69. The Morgan fingerprint density at radius 3 is 2.40 bits per heavy atom. The van der Waals surface area contributed by atoms with Gasteiger partial charge in [0, 0.05) is 5.02 Å². The fourth-order valence-electron chi connectivity index (χ4n) is 0.605. The average Bonchev–Trinajstić information content (AvgIpc) is 1.95. The van der Waals surface area contributed by atoms with Crippen LogP contribution in [0.4, 0.5) is 5.69 Å². The van der Waals surface area contributed by atoms with Gasteiger partial charge in [-0.25, -0.2) is 0 Å². The van der Waals surface area contributed by atoms with Gasteiger partial charge in [-0.1, -0.05) is 17.0 Å². The normalized spacial score (nSPS) is 8.50. The van der Waals surface area contributed by atoms with Gasteiger partial charge in [-0.3, -0.25) is 0 Å². The van der Waals surface area contributed by atoms with Crippen LogP contribution in [0.5, 0.6) is 0 Å². The minimum Gasteiger partial charge on any atom is -0.200 e. The summed E-state index contributed by atoms with van der Waals surface area (Å²) in [5.74, 6) is 0. The summed E-state index contributed by atoms with van der Waals surface area (Å²) in [6, 6.07) is 9.13. The molecule has 0 saturated heterocycles. The SMILES string of the molecule is N=C=[NH+]c1ccc(Cl)cc1. The maximum atomic E-state index is 6.60. The van der Waals surface area contributed by atoms with E-state index in [-0.39, 0.29) is 0 Å². The van der Waals surface area contributed by atoms with Crippen LogP contribution in [0.1, 0.15) is 0 Å². The molecular formula is C7H6ClN2+. The molecule has 0 unspecified atom stereocenters. The predicted molar refractivity (Wildman–Crippen MR) is 39.8 cm³/mol. The van der Waals surface area contributed by atoms with E-state index in [1.54, 1.807) is 24.3 Å². The summed E-state index contributed by atoms with van der Waals surface area (Å²) in [5.41, 5.74) is 0.819. The Kier molecular flexibility index (Phi) is 2.21. The van der Waals surface area contributed by atoms with Crippen LogP contribution in [0.3, 0.4) is 0 Å². The van der Waals surface area contributed by atoms with Crippen molar-refractivity contribution in [1.29, 1.82) is 5.41 Å². The second kappa shape index (κ2) is 3.16. The average molecular weight is 154 g/mol. The van der Waals surface area contributed by atoms with E-state index in [1.165, 1.54) is 0 Å². The van der Waals surface area contributed by atoms with E-state index < -0.39 is 0 Å². The summed E-state index contributed by atoms with van der Waals surface area (Å²) in [5, 5.41) is 7.29. The number of benzene rings is 1. The van der Waals surface area contributed by atoms with Crippen molar-refractivity contribution < 1.29 is 4.99 Å². The van der Waals surface area contributed by atoms with Gasteiger partial charge in [-0.05, 0) is 24.3 Å². The maximum absolute atomic E-state index is 6.60. The molecule has 0 aliphatic carbocycles. The quantitative estimate of drug-likeness (QED) is 0.561. The molecule has 1 rings (SSSR count). The molecule has 2 nitrogen and oxygen atoms in total. The number of hydrogen-bond acceptors (Lipinski definition) is 1. The van der Waals surface area contributed by atoms with Gasteiger partial charge in [0.2, 0.25) is 0 Å². The van der Waals surface area contributed by atoms with E-state index in [2.05, 4.69) is 11.0 Å². The number of rotatable bonds is 1. The highest BCUT2D eigenvalue weighted by atomic mass is 35.5. The molecule has 0 heterocycles. The fourth-order valence-corrected chi connectivity index (χ4v) is 0.731. The van der Waals surface area contributed by atoms with Crippen LogP contribution < -0.4 is 4.99 Å². The van der Waals surface area contributed by atoms with Crippen LogP contribution >= 0.6 is 11.6 Å². The molecule has 10 heavy (non-hydrogen) atoms. The molecule has 0 aliphatic rings. The first-order valence-electron chi connectivity index (χ1n) is 2.76. The molecule has 3 heteroatoms. The van der Waals surface area contributed by atoms with Gasteiger partial charge in [0.05, 0.1) is 0 Å². The van der Waals surface area contributed by atoms with Gasteiger partial charge in [0.15, 0.2) is 0 Å². The summed E-state index contributed by atoms with van der Waals surface area (Å²) in [6.07, 6.45) is 0. The highest BCUT2D eigenvalue weighted by Crippen LogP contribution is 2.08. The lowest BCUT2D eigenvalue weighted by molar-refractivity contribution is -0.346. The lowest BCUT2D eigenvalue weighted by Crippen LogP contribution is -2.59. The molecule has 2 N–H and O–H groups in total. The Labute approximate surface area is 63.7 Å². The largest absolute Gasteiger partial charge is 0.307 e. The third-order valence-corrected chi connectivity index (χ3v) is 1.30. The summed E-state index contributed by atoms with van der Waals surface area (Å²) in [7, 11) is 0. The lowest BCUT2D eigenvalue weighted by atomic mass is 10.3. The molecule has 1 aromatic carbocycles. The van der Waals surface area contributed by atoms with Crippen LogP contribution in [-0.4, -0.2) is 6.01 Å². The number of nitrogens with one attached hydrogen (secondary N) is 2. The van der Waals surface area contributed by atoms with Crippen LogP contribution in [0.15, 0.2) is 24.3 Å². The van der Waals surface area contributed by atoms with Gasteiger partial charge in [0.25, 0.3) is 0 Å². The Morgan fingerprint density at radius 2 is 1.90 bits per heavy atom. The summed E-state index contributed by atoms with van der Waals surface area (Å²) in [4.78, 5) is 2.59. The van der Waals surface area contributed by atoms with E-state index in [9.17, 15) is 0 Å². The van der Waals surface area contributed by atoms with Gasteiger partial charge in [-0.15, -0.1) is 0 Å². The molecule has 0 aliphatic heterocycles. The molecule has 0 amide bonds. The van der Waals surface area contributed by atoms with E-state index >= 15 is 0 Å². The van der Waals surface area contributed by atoms with Crippen LogP contribution in [0.2, 0.25) is 5.02 Å². The van der Waals surface area contributed by atoms with Crippen molar-refractivity contribution >= 4 is 23.3 Å². The predicted octanol–water partition coefficient (Wildman–Crippen LogP) is 0.805. The van der Waals surface area contributed by atoms with Crippen molar-refractivity contribution in [3.8, 4) is 0 Å². The smallest absolute Gasteiger partial charge is 0.200 e. The van der Waals surface area contributed by atoms with Crippen LogP contribution in [-0.2, 0) is 0 Å². The Hall–Kier alpha value is -1.11. The minimum atomic E-state index is 0.690. The highest BCUT2D eigenvalue weighted by molar-refractivity contribution is 6.30. The highest BCUT2D eigenvalue weighted by Gasteiger charge is 1.88. The molecule has 0 fully saturated rings. The standard InChI is InChI=1S/C7H5ClN2/c8-6-1-3-7(4-2-6)10-5-9/h1-4,9H/p+1. The first-order chi connectivity index (χ1) is 4.83. The zero-order valence-corrected chi connectivity index (χ0v) is 5.94. The maximum Gasteiger partial charge on any atom is 0.307 e. The molecule has 0 spiro atoms. The molecule has 0 aromatic heterocycles. The number of halogens is 1. The van der Waals surface area contributed by atoms with Crippen LogP contribution in [0, 0.1) is 5.41 Å². The van der Waals surface area contributed by atoms with Crippen molar-refractivity contribution in [2.24, 2.45) is 0 Å². The Morgan fingerprint density at radius 1 is 1.30 bits per heavy atom. The van der Waals surface area contributed by atoms with Crippen LogP contribution in [0.25, 0.3) is 0 Å². The van der Waals surface area contributed by atoms with E-state index in [0.717, 1.165) is 5.69 Å². The molecule has 1 aromatic rings. The van der Waals surface area contributed by atoms with E-state index in [4.69, 9.17) is 17.0 Å². The number of hydrogen-bond donors (Lipinski definition) is 2. The zero-order chi connectivity index (χ0) is 7.40. The second-order valence-electron chi connectivity index (χ2n) is 1.76. The molecular weight excluding hydrogens is 148 g/mol. The second-order valence-corrected chi connectivity index (χ2v) is 2.19. The summed E-state index contributed by atoms with van der Waals surface area (Å²) < 4.78 is 0. The lowest BCUT2D eigenvalue weighted by Gasteiger charge is -1.86. The van der Waals surface area contributed by atoms with Gasteiger partial charge in [0.1, 0.15) is 5.69 Å². The van der Waals surface area contributed by atoms with Gasteiger partial charge in [-0.2, -0.15) is 4.99 Å². The molecule has 0 bridgehead atoms. The molecule has 50 valence electrons. The van der Waals surface area contributed by atoms with E-state index in [0.29, 0.717) is 5.02 Å². The Bertz CT molecular complexity index is 259. The van der Waals surface area contributed by atoms with Crippen molar-refractivity contribution in [3.63, 3.8) is 0 Å². The van der Waals surface area contributed by atoms with Gasteiger partial charge < -0.3 is 0 Å². The van der Waals surface area contributed by atoms with Crippen molar-refractivity contribution in [2.75, 3.05) is 0 Å². The van der Waals surface area contributed by atoms with Crippen molar-refractivity contribution in [3.05, 3.63) is 29.3 Å². The van der Waals surface area contributed by atoms with Crippen molar-refractivity contribution in [2.45, 2.75) is 0 Å². The first-order valence-corrected chi connectivity index (χ1v) is 3.14. The molecule has 0 saturated carbocycles.